The van der Waals surface area contributed by atoms with Crippen molar-refractivity contribution in [1.29, 1.82) is 0 Å². The standard InChI is InChI=1S/C13H18N4/c1-4-17-12(5-6-15-17)13(14)11-7-9(2)16-10(3)8-11/h5-8,13H,4,14H2,1-3H3. The van der Waals surface area contributed by atoms with Gasteiger partial charge >= 0.3 is 0 Å². The average Bonchev–Trinajstić information content (AvgIpc) is 2.74. The van der Waals surface area contributed by atoms with Crippen molar-refractivity contribution in [2.75, 3.05) is 0 Å². The van der Waals surface area contributed by atoms with Gasteiger partial charge in [-0.25, -0.2) is 0 Å². The van der Waals surface area contributed by atoms with E-state index >= 15 is 0 Å². The highest BCUT2D eigenvalue weighted by Crippen LogP contribution is 2.20. The fraction of sp³-hybridized carbons (Fsp3) is 0.385. The van der Waals surface area contributed by atoms with Crippen LogP contribution in [-0.4, -0.2) is 14.8 Å². The molecule has 0 bridgehead atoms. The van der Waals surface area contributed by atoms with Crippen molar-refractivity contribution < 1.29 is 0 Å². The molecule has 1 atom stereocenters. The first-order valence-electron chi connectivity index (χ1n) is 5.84. The molecule has 2 N–H and O–H groups in total. The lowest BCUT2D eigenvalue weighted by Crippen LogP contribution is -2.17. The summed E-state index contributed by atoms with van der Waals surface area (Å²) in [5.41, 5.74) is 10.4. The number of aryl methyl sites for hydroxylation is 3. The van der Waals surface area contributed by atoms with Crippen LogP contribution in [0.2, 0.25) is 0 Å². The fourth-order valence-corrected chi connectivity index (χ4v) is 2.09. The van der Waals surface area contributed by atoms with Crippen molar-refractivity contribution in [3.63, 3.8) is 0 Å². The SMILES string of the molecule is CCn1nccc1C(N)c1cc(C)nc(C)c1. The van der Waals surface area contributed by atoms with Gasteiger partial charge in [-0.05, 0) is 44.5 Å². The van der Waals surface area contributed by atoms with Gasteiger partial charge in [0.05, 0.1) is 11.7 Å². The minimum Gasteiger partial charge on any atom is -0.319 e. The molecule has 4 heteroatoms. The Bertz CT molecular complexity index is 496. The largest absolute Gasteiger partial charge is 0.319 e. The summed E-state index contributed by atoms with van der Waals surface area (Å²) in [5, 5.41) is 4.25. The summed E-state index contributed by atoms with van der Waals surface area (Å²) in [7, 11) is 0. The highest BCUT2D eigenvalue weighted by molar-refractivity contribution is 5.29. The van der Waals surface area contributed by atoms with Crippen molar-refractivity contribution in [2.45, 2.75) is 33.4 Å². The van der Waals surface area contributed by atoms with Crippen molar-refractivity contribution in [2.24, 2.45) is 5.73 Å². The van der Waals surface area contributed by atoms with Crippen LogP contribution >= 0.6 is 0 Å². The monoisotopic (exact) mass is 230 g/mol. The van der Waals surface area contributed by atoms with Crippen LogP contribution in [0, 0.1) is 13.8 Å². The predicted molar refractivity (Wildman–Crippen MR) is 67.6 cm³/mol. The van der Waals surface area contributed by atoms with E-state index in [0.29, 0.717) is 0 Å². The third kappa shape index (κ3) is 2.36. The topological polar surface area (TPSA) is 56.7 Å². The molecule has 1 unspecified atom stereocenters. The minimum atomic E-state index is -0.141. The maximum atomic E-state index is 6.29. The highest BCUT2D eigenvalue weighted by atomic mass is 15.3. The summed E-state index contributed by atoms with van der Waals surface area (Å²) < 4.78 is 1.93. The van der Waals surface area contributed by atoms with E-state index in [1.807, 2.05) is 36.7 Å². The number of nitrogens with zero attached hydrogens (tertiary/aromatic N) is 3. The molecule has 17 heavy (non-hydrogen) atoms. The Kier molecular flexibility index (Phi) is 3.24. The number of aromatic nitrogens is 3. The molecule has 2 rings (SSSR count). The number of rotatable bonds is 3. The lowest BCUT2D eigenvalue weighted by molar-refractivity contribution is 0.600. The molecule has 0 aliphatic rings. The van der Waals surface area contributed by atoms with E-state index in [2.05, 4.69) is 17.0 Å². The molecule has 0 spiro atoms. The van der Waals surface area contributed by atoms with E-state index in [1.54, 1.807) is 6.20 Å². The molecule has 90 valence electrons. The van der Waals surface area contributed by atoms with Gasteiger partial charge in [-0.15, -0.1) is 0 Å². The van der Waals surface area contributed by atoms with Gasteiger partial charge in [-0.3, -0.25) is 9.67 Å². The third-order valence-electron chi connectivity index (χ3n) is 2.83. The maximum absolute atomic E-state index is 6.29. The Morgan fingerprint density at radius 3 is 2.53 bits per heavy atom. The Labute approximate surface area is 101 Å². The summed E-state index contributed by atoms with van der Waals surface area (Å²) in [6.45, 7) is 6.87. The number of hydrogen-bond acceptors (Lipinski definition) is 3. The predicted octanol–water partition coefficient (Wildman–Crippen LogP) is 1.96. The number of hydrogen-bond donors (Lipinski definition) is 1. The van der Waals surface area contributed by atoms with Crippen LogP contribution < -0.4 is 5.73 Å². The molecule has 0 aliphatic heterocycles. The van der Waals surface area contributed by atoms with Gasteiger partial charge in [0.1, 0.15) is 0 Å². The highest BCUT2D eigenvalue weighted by Gasteiger charge is 2.14. The number of pyridine rings is 1. The van der Waals surface area contributed by atoms with Gasteiger partial charge in [0.25, 0.3) is 0 Å². The van der Waals surface area contributed by atoms with Crippen molar-refractivity contribution in [3.05, 3.63) is 47.0 Å². The van der Waals surface area contributed by atoms with Gasteiger partial charge in [0, 0.05) is 24.1 Å². The fourth-order valence-electron chi connectivity index (χ4n) is 2.09. The average molecular weight is 230 g/mol. The van der Waals surface area contributed by atoms with Crippen LogP contribution in [0.1, 0.15) is 35.6 Å². The first-order chi connectivity index (χ1) is 8.11. The normalized spacial score (nSPS) is 12.7. The van der Waals surface area contributed by atoms with Crippen LogP contribution in [0.25, 0.3) is 0 Å². The van der Waals surface area contributed by atoms with Crippen LogP contribution in [0.3, 0.4) is 0 Å². The van der Waals surface area contributed by atoms with Gasteiger partial charge < -0.3 is 5.73 Å². The molecule has 2 heterocycles. The summed E-state index contributed by atoms with van der Waals surface area (Å²) in [6.07, 6.45) is 1.79. The van der Waals surface area contributed by atoms with Crippen LogP contribution in [0.4, 0.5) is 0 Å². The zero-order chi connectivity index (χ0) is 12.4. The molecule has 0 amide bonds. The van der Waals surface area contributed by atoms with E-state index in [9.17, 15) is 0 Å². The number of nitrogens with two attached hydrogens (primary N) is 1. The first-order valence-corrected chi connectivity index (χ1v) is 5.84. The quantitative estimate of drug-likeness (QED) is 0.877. The molecular formula is C13H18N4. The molecule has 0 radical (unpaired) electrons. The molecule has 0 aromatic carbocycles. The molecular weight excluding hydrogens is 212 g/mol. The molecule has 2 aromatic rings. The molecule has 0 saturated heterocycles. The summed E-state index contributed by atoms with van der Waals surface area (Å²) >= 11 is 0. The summed E-state index contributed by atoms with van der Waals surface area (Å²) in [5.74, 6) is 0. The Morgan fingerprint density at radius 1 is 1.29 bits per heavy atom. The van der Waals surface area contributed by atoms with E-state index < -0.39 is 0 Å². The van der Waals surface area contributed by atoms with Gasteiger partial charge in [-0.2, -0.15) is 5.10 Å². The minimum absolute atomic E-state index is 0.141. The zero-order valence-corrected chi connectivity index (χ0v) is 10.5. The molecule has 0 saturated carbocycles. The van der Waals surface area contributed by atoms with E-state index in [4.69, 9.17) is 5.73 Å². The van der Waals surface area contributed by atoms with E-state index in [0.717, 1.165) is 29.2 Å². The molecule has 2 aromatic heterocycles. The van der Waals surface area contributed by atoms with Crippen molar-refractivity contribution in [3.8, 4) is 0 Å². The molecule has 0 aliphatic carbocycles. The van der Waals surface area contributed by atoms with Crippen molar-refractivity contribution in [1.82, 2.24) is 14.8 Å². The van der Waals surface area contributed by atoms with Gasteiger partial charge in [0.15, 0.2) is 0 Å². The Balaban J connectivity index is 2.39. The Hall–Kier alpha value is -1.68. The third-order valence-corrected chi connectivity index (χ3v) is 2.83. The van der Waals surface area contributed by atoms with Crippen LogP contribution in [-0.2, 0) is 6.54 Å². The Morgan fingerprint density at radius 2 is 1.94 bits per heavy atom. The van der Waals surface area contributed by atoms with Crippen LogP contribution in [0.5, 0.6) is 0 Å². The second-order valence-electron chi connectivity index (χ2n) is 4.23. The smallest absolute Gasteiger partial charge is 0.0724 e. The molecule has 4 nitrogen and oxygen atoms in total. The van der Waals surface area contributed by atoms with E-state index in [-0.39, 0.29) is 6.04 Å². The van der Waals surface area contributed by atoms with Crippen molar-refractivity contribution >= 4 is 0 Å². The van der Waals surface area contributed by atoms with Gasteiger partial charge in [-0.1, -0.05) is 0 Å². The lowest BCUT2D eigenvalue weighted by Gasteiger charge is -2.14. The summed E-state index contributed by atoms with van der Waals surface area (Å²) in [4.78, 5) is 4.36. The lowest BCUT2D eigenvalue weighted by atomic mass is 10.0. The van der Waals surface area contributed by atoms with Gasteiger partial charge in [0.2, 0.25) is 0 Å². The second kappa shape index (κ2) is 4.67. The van der Waals surface area contributed by atoms with Crippen LogP contribution in [0.15, 0.2) is 24.4 Å². The second-order valence-corrected chi connectivity index (χ2v) is 4.23. The molecule has 0 fully saturated rings. The zero-order valence-electron chi connectivity index (χ0n) is 10.5. The van der Waals surface area contributed by atoms with E-state index in [1.165, 1.54) is 0 Å². The first kappa shape index (κ1) is 11.8. The summed E-state index contributed by atoms with van der Waals surface area (Å²) in [6, 6.07) is 5.90. The maximum Gasteiger partial charge on any atom is 0.0724 e.